The lowest BCUT2D eigenvalue weighted by molar-refractivity contribution is 0.566. The molecule has 0 aliphatic carbocycles. The van der Waals surface area contributed by atoms with Crippen LogP contribution < -0.4 is 10.6 Å². The molecule has 0 saturated heterocycles. The summed E-state index contributed by atoms with van der Waals surface area (Å²) in [5.74, 6) is 5.45. The van der Waals surface area contributed by atoms with Gasteiger partial charge < -0.3 is 5.84 Å². The van der Waals surface area contributed by atoms with Gasteiger partial charge in [0.15, 0.2) is 0 Å². The molecule has 0 aliphatic rings. The van der Waals surface area contributed by atoms with Gasteiger partial charge in [-0.1, -0.05) is 74.2 Å². The number of nitrogens with one attached hydrogen (secondary N) is 1. The third kappa shape index (κ3) is 8.42. The zero-order chi connectivity index (χ0) is 24.8. The van der Waals surface area contributed by atoms with Crippen LogP contribution in [-0.2, 0) is 10.0 Å². The van der Waals surface area contributed by atoms with Crippen molar-refractivity contribution < 1.29 is 8.42 Å². The van der Waals surface area contributed by atoms with Crippen LogP contribution >= 0.6 is 0 Å². The number of aliphatic imine (C=N–C) groups is 1. The Kier molecular flexibility index (Phi) is 10.6. The number of aromatic nitrogens is 1. The molecule has 2 aromatic carbocycles. The van der Waals surface area contributed by atoms with Crippen molar-refractivity contribution in [2.75, 3.05) is 13.1 Å². The lowest BCUT2D eigenvalue weighted by Gasteiger charge is -2.11. The fourth-order valence-corrected chi connectivity index (χ4v) is 5.03. The molecule has 8 heteroatoms. The van der Waals surface area contributed by atoms with Crippen molar-refractivity contribution >= 4 is 21.9 Å². The second-order valence-corrected chi connectivity index (χ2v) is 9.91. The first kappa shape index (κ1) is 26.2. The molecule has 184 valence electrons. The fraction of sp³-hybridized carbons (Fsp3) is 0.296. The van der Waals surface area contributed by atoms with E-state index in [2.05, 4.69) is 19.8 Å². The first-order chi connectivity index (χ1) is 17.1. The molecule has 1 heterocycles. The van der Waals surface area contributed by atoms with E-state index in [9.17, 15) is 8.42 Å². The second-order valence-electron chi connectivity index (χ2n) is 8.17. The number of rotatable bonds is 14. The Morgan fingerprint density at radius 3 is 2.34 bits per heavy atom. The van der Waals surface area contributed by atoms with Gasteiger partial charge in [-0.05, 0) is 36.6 Å². The SMILES string of the molecule is NN=C(C=NCCCCCCCCNS(=O)(=O)c1ccccc1-c1ccccc1)c1cccnc1. The van der Waals surface area contributed by atoms with Crippen LogP contribution in [0.1, 0.15) is 44.1 Å². The van der Waals surface area contributed by atoms with Crippen LogP contribution in [0.25, 0.3) is 11.1 Å². The Bertz CT molecular complexity index is 1200. The largest absolute Gasteiger partial charge is 0.323 e. The molecule has 1 aromatic heterocycles. The van der Waals surface area contributed by atoms with Crippen molar-refractivity contribution in [2.24, 2.45) is 15.9 Å². The van der Waals surface area contributed by atoms with Crippen LogP contribution in [0.5, 0.6) is 0 Å². The summed E-state index contributed by atoms with van der Waals surface area (Å²) < 4.78 is 28.5. The van der Waals surface area contributed by atoms with E-state index >= 15 is 0 Å². The standard InChI is InChI=1S/C27H33N5O2S/c28-32-26(24-15-12-19-29-21-24)22-30-18-10-3-1-2-4-11-20-31-35(33,34)27-17-9-8-16-25(27)23-13-6-5-7-14-23/h5-9,12-17,19,21-22,31H,1-4,10-11,18,20,28H2. The van der Waals surface area contributed by atoms with E-state index < -0.39 is 10.0 Å². The summed E-state index contributed by atoms with van der Waals surface area (Å²) in [5.41, 5.74) is 3.07. The van der Waals surface area contributed by atoms with E-state index in [0.717, 1.165) is 56.2 Å². The van der Waals surface area contributed by atoms with Gasteiger partial charge in [0.1, 0.15) is 5.71 Å². The monoisotopic (exact) mass is 491 g/mol. The number of benzene rings is 2. The molecule has 3 rings (SSSR count). The van der Waals surface area contributed by atoms with E-state index in [1.807, 2.05) is 54.6 Å². The fourth-order valence-electron chi connectivity index (χ4n) is 3.72. The van der Waals surface area contributed by atoms with Gasteiger partial charge in [0, 0.05) is 42.8 Å². The van der Waals surface area contributed by atoms with Gasteiger partial charge >= 0.3 is 0 Å². The van der Waals surface area contributed by atoms with Crippen molar-refractivity contribution in [3.63, 3.8) is 0 Å². The van der Waals surface area contributed by atoms with Crippen molar-refractivity contribution in [2.45, 2.75) is 43.4 Å². The van der Waals surface area contributed by atoms with Gasteiger partial charge in [-0.25, -0.2) is 13.1 Å². The Labute approximate surface area is 208 Å². The molecule has 0 radical (unpaired) electrons. The lowest BCUT2D eigenvalue weighted by Crippen LogP contribution is -2.25. The minimum atomic E-state index is -3.56. The summed E-state index contributed by atoms with van der Waals surface area (Å²) in [5, 5.41) is 3.77. The molecule has 3 aromatic rings. The van der Waals surface area contributed by atoms with Crippen molar-refractivity contribution in [3.05, 3.63) is 84.7 Å². The highest BCUT2D eigenvalue weighted by atomic mass is 32.2. The molecule has 3 N–H and O–H groups in total. The van der Waals surface area contributed by atoms with Gasteiger partial charge in [-0.15, -0.1) is 0 Å². The average Bonchev–Trinajstić information content (AvgIpc) is 2.90. The first-order valence-electron chi connectivity index (χ1n) is 11.9. The first-order valence-corrected chi connectivity index (χ1v) is 13.4. The Morgan fingerprint density at radius 2 is 1.60 bits per heavy atom. The van der Waals surface area contributed by atoms with Crippen LogP contribution in [0, 0.1) is 0 Å². The molecular weight excluding hydrogens is 458 g/mol. The minimum absolute atomic E-state index is 0.318. The Balaban J connectivity index is 1.32. The van der Waals surface area contributed by atoms with Gasteiger partial charge in [-0.2, -0.15) is 5.10 Å². The summed E-state index contributed by atoms with van der Waals surface area (Å²) in [6.07, 6.45) is 11.1. The summed E-state index contributed by atoms with van der Waals surface area (Å²) >= 11 is 0. The van der Waals surface area contributed by atoms with E-state index in [0.29, 0.717) is 22.7 Å². The predicted molar refractivity (Wildman–Crippen MR) is 143 cm³/mol. The molecule has 7 nitrogen and oxygen atoms in total. The van der Waals surface area contributed by atoms with Gasteiger partial charge in [-0.3, -0.25) is 9.98 Å². The van der Waals surface area contributed by atoms with Crippen LogP contribution in [0.2, 0.25) is 0 Å². The molecular formula is C27H33N5O2S. The molecule has 0 fully saturated rings. The van der Waals surface area contributed by atoms with E-state index in [-0.39, 0.29) is 0 Å². The number of hydrogen-bond acceptors (Lipinski definition) is 6. The van der Waals surface area contributed by atoms with Gasteiger partial charge in [0.25, 0.3) is 0 Å². The van der Waals surface area contributed by atoms with Crippen LogP contribution in [0.3, 0.4) is 0 Å². The van der Waals surface area contributed by atoms with Crippen LogP contribution in [0.15, 0.2) is 94.1 Å². The molecule has 0 spiro atoms. The normalized spacial score (nSPS) is 12.3. The lowest BCUT2D eigenvalue weighted by atomic mass is 10.1. The third-order valence-electron chi connectivity index (χ3n) is 5.58. The predicted octanol–water partition coefficient (Wildman–Crippen LogP) is 4.80. The highest BCUT2D eigenvalue weighted by Crippen LogP contribution is 2.26. The van der Waals surface area contributed by atoms with Crippen molar-refractivity contribution in [3.8, 4) is 11.1 Å². The van der Waals surface area contributed by atoms with Crippen LogP contribution in [-0.4, -0.2) is 38.4 Å². The summed E-state index contributed by atoms with van der Waals surface area (Å²) in [6, 6.07) is 20.4. The van der Waals surface area contributed by atoms with Gasteiger partial charge in [0.05, 0.1) is 4.90 Å². The third-order valence-corrected chi connectivity index (χ3v) is 7.10. The molecule has 35 heavy (non-hydrogen) atoms. The van der Waals surface area contributed by atoms with Gasteiger partial charge in [0.2, 0.25) is 10.0 Å². The Morgan fingerprint density at radius 1 is 0.886 bits per heavy atom. The molecule has 0 unspecified atom stereocenters. The average molecular weight is 492 g/mol. The quantitative estimate of drug-likeness (QED) is 0.146. The molecule has 0 aliphatic heterocycles. The number of nitrogens with two attached hydrogens (primary N) is 1. The molecule has 0 atom stereocenters. The highest BCUT2D eigenvalue weighted by Gasteiger charge is 2.18. The summed E-state index contributed by atoms with van der Waals surface area (Å²) in [4.78, 5) is 8.79. The van der Waals surface area contributed by atoms with E-state index in [1.54, 1.807) is 30.7 Å². The number of pyridine rings is 1. The Hall–Kier alpha value is -3.36. The zero-order valence-corrected chi connectivity index (χ0v) is 20.7. The summed E-state index contributed by atoms with van der Waals surface area (Å²) in [7, 11) is -3.56. The second kappa shape index (κ2) is 14.1. The zero-order valence-electron chi connectivity index (χ0n) is 19.9. The van der Waals surface area contributed by atoms with Crippen molar-refractivity contribution in [1.29, 1.82) is 0 Å². The maximum Gasteiger partial charge on any atom is 0.241 e. The summed E-state index contributed by atoms with van der Waals surface area (Å²) in [6.45, 7) is 1.16. The number of unbranched alkanes of at least 4 members (excludes halogenated alkanes) is 5. The topological polar surface area (TPSA) is 110 Å². The molecule has 0 saturated carbocycles. The van der Waals surface area contributed by atoms with Crippen LogP contribution in [0.4, 0.5) is 0 Å². The maximum absolute atomic E-state index is 12.9. The maximum atomic E-state index is 12.9. The highest BCUT2D eigenvalue weighted by molar-refractivity contribution is 7.89. The molecule has 0 amide bonds. The van der Waals surface area contributed by atoms with Crippen molar-refractivity contribution in [1.82, 2.24) is 9.71 Å². The molecule has 0 bridgehead atoms. The minimum Gasteiger partial charge on any atom is -0.323 e. The number of hydrazone groups is 1. The smallest absolute Gasteiger partial charge is 0.241 e. The number of nitrogens with zero attached hydrogens (tertiary/aromatic N) is 3. The number of hydrogen-bond donors (Lipinski definition) is 2. The number of sulfonamides is 1. The van der Waals surface area contributed by atoms with E-state index in [1.165, 1.54) is 0 Å². The van der Waals surface area contributed by atoms with E-state index in [4.69, 9.17) is 5.84 Å².